The number of likely N-dealkylation sites (N-methyl/N-ethyl adjacent to an activating group) is 1. The summed E-state index contributed by atoms with van der Waals surface area (Å²) in [6.07, 6.45) is 0.852. The Kier molecular flexibility index (Phi) is 4.80. The zero-order chi connectivity index (χ0) is 14.8. The van der Waals surface area contributed by atoms with Gasteiger partial charge in [-0.05, 0) is 38.6 Å². The van der Waals surface area contributed by atoms with Crippen molar-refractivity contribution >= 4 is 10.0 Å². The van der Waals surface area contributed by atoms with Crippen molar-refractivity contribution in [2.75, 3.05) is 26.7 Å². The van der Waals surface area contributed by atoms with Crippen molar-refractivity contribution in [3.05, 3.63) is 29.8 Å². The first-order chi connectivity index (χ1) is 9.46. The van der Waals surface area contributed by atoms with E-state index < -0.39 is 10.0 Å². The molecule has 1 aliphatic heterocycles. The third-order valence-electron chi connectivity index (χ3n) is 3.77. The Morgan fingerprint density at radius 1 is 1.30 bits per heavy atom. The summed E-state index contributed by atoms with van der Waals surface area (Å²) in [4.78, 5) is 2.52. The molecule has 1 saturated heterocycles. The molecule has 0 bridgehead atoms. The molecule has 1 atom stereocenters. The smallest absolute Gasteiger partial charge is 0.243 e. The Bertz CT molecular complexity index is 559. The molecule has 1 aliphatic rings. The van der Waals surface area contributed by atoms with Crippen LogP contribution in [0.4, 0.5) is 0 Å². The van der Waals surface area contributed by atoms with Gasteiger partial charge in [0.2, 0.25) is 10.0 Å². The minimum atomic E-state index is -3.47. The minimum Gasteiger partial charge on any atom is -0.326 e. The molecule has 2 N–H and O–H groups in total. The van der Waals surface area contributed by atoms with Crippen molar-refractivity contribution in [2.24, 2.45) is 5.73 Å². The van der Waals surface area contributed by atoms with E-state index in [1.165, 1.54) is 0 Å². The molecular formula is C14H23N3O2S. The lowest BCUT2D eigenvalue weighted by atomic mass is 10.2. The molecular weight excluding hydrogens is 274 g/mol. The van der Waals surface area contributed by atoms with Gasteiger partial charge in [-0.25, -0.2) is 8.42 Å². The van der Waals surface area contributed by atoms with E-state index in [1.54, 1.807) is 22.5 Å². The fraction of sp³-hybridized carbons (Fsp3) is 0.571. The highest BCUT2D eigenvalue weighted by Crippen LogP contribution is 2.23. The average Bonchev–Trinajstić information content (AvgIpc) is 2.59. The number of hydrogen-bond donors (Lipinski definition) is 1. The van der Waals surface area contributed by atoms with Gasteiger partial charge in [-0.3, -0.25) is 0 Å². The van der Waals surface area contributed by atoms with E-state index in [0.29, 0.717) is 17.0 Å². The van der Waals surface area contributed by atoms with Crippen LogP contribution in [0.3, 0.4) is 0 Å². The Balaban J connectivity index is 2.38. The topological polar surface area (TPSA) is 66.6 Å². The van der Waals surface area contributed by atoms with E-state index >= 15 is 0 Å². The quantitative estimate of drug-likeness (QED) is 0.898. The van der Waals surface area contributed by atoms with Gasteiger partial charge in [0.15, 0.2) is 0 Å². The maximum absolute atomic E-state index is 12.9. The maximum atomic E-state index is 12.9. The Hall–Kier alpha value is -0.950. The Morgan fingerprint density at radius 2 is 2.00 bits per heavy atom. The van der Waals surface area contributed by atoms with E-state index in [9.17, 15) is 8.42 Å². The number of nitrogens with two attached hydrogens (primary N) is 1. The molecule has 0 radical (unpaired) electrons. The van der Waals surface area contributed by atoms with Crippen LogP contribution in [0.15, 0.2) is 29.2 Å². The second kappa shape index (κ2) is 6.22. The van der Waals surface area contributed by atoms with Crippen LogP contribution in [0.1, 0.15) is 18.9 Å². The Labute approximate surface area is 121 Å². The van der Waals surface area contributed by atoms with Crippen molar-refractivity contribution in [1.82, 2.24) is 9.21 Å². The van der Waals surface area contributed by atoms with Crippen molar-refractivity contribution in [3.8, 4) is 0 Å². The molecule has 5 nitrogen and oxygen atoms in total. The van der Waals surface area contributed by atoms with E-state index in [-0.39, 0.29) is 12.6 Å². The van der Waals surface area contributed by atoms with Crippen LogP contribution in [0.5, 0.6) is 0 Å². The normalized spacial score (nSPS) is 22.6. The van der Waals surface area contributed by atoms with Gasteiger partial charge in [0.05, 0.1) is 4.90 Å². The predicted molar refractivity (Wildman–Crippen MR) is 79.8 cm³/mol. The molecule has 1 aromatic carbocycles. The van der Waals surface area contributed by atoms with Gasteiger partial charge in [-0.15, -0.1) is 0 Å². The van der Waals surface area contributed by atoms with Gasteiger partial charge in [-0.1, -0.05) is 18.2 Å². The first-order valence-electron chi connectivity index (χ1n) is 6.95. The third-order valence-corrected chi connectivity index (χ3v) is 5.88. The number of benzene rings is 1. The highest BCUT2D eigenvalue weighted by molar-refractivity contribution is 7.89. The van der Waals surface area contributed by atoms with Gasteiger partial charge < -0.3 is 10.6 Å². The van der Waals surface area contributed by atoms with Crippen LogP contribution in [-0.4, -0.2) is 50.3 Å². The summed E-state index contributed by atoms with van der Waals surface area (Å²) in [6, 6.07) is 6.97. The van der Waals surface area contributed by atoms with E-state index in [2.05, 4.69) is 4.90 Å². The molecule has 0 saturated carbocycles. The van der Waals surface area contributed by atoms with E-state index in [4.69, 9.17) is 5.73 Å². The monoisotopic (exact) mass is 297 g/mol. The first kappa shape index (κ1) is 15.4. The molecule has 2 rings (SSSR count). The molecule has 1 fully saturated rings. The number of rotatable bonds is 3. The molecule has 20 heavy (non-hydrogen) atoms. The zero-order valence-corrected chi connectivity index (χ0v) is 12.9. The van der Waals surface area contributed by atoms with E-state index in [1.807, 2.05) is 20.0 Å². The van der Waals surface area contributed by atoms with Crippen LogP contribution in [0, 0.1) is 0 Å². The van der Waals surface area contributed by atoms with E-state index in [0.717, 1.165) is 19.5 Å². The molecule has 0 aliphatic carbocycles. The molecule has 1 heterocycles. The fourth-order valence-electron chi connectivity index (χ4n) is 2.76. The SMILES string of the molecule is CC1CN(C)CCCN1S(=O)(=O)c1ccccc1CN. The lowest BCUT2D eigenvalue weighted by molar-refractivity contribution is 0.290. The van der Waals surface area contributed by atoms with Crippen LogP contribution in [0.2, 0.25) is 0 Å². The van der Waals surface area contributed by atoms with Gasteiger partial charge >= 0.3 is 0 Å². The summed E-state index contributed by atoms with van der Waals surface area (Å²) in [5.41, 5.74) is 6.35. The summed E-state index contributed by atoms with van der Waals surface area (Å²) < 4.78 is 27.4. The van der Waals surface area contributed by atoms with Crippen molar-refractivity contribution in [3.63, 3.8) is 0 Å². The van der Waals surface area contributed by atoms with Crippen LogP contribution >= 0.6 is 0 Å². The van der Waals surface area contributed by atoms with Gasteiger partial charge in [-0.2, -0.15) is 4.31 Å². The van der Waals surface area contributed by atoms with Crippen LogP contribution in [0.25, 0.3) is 0 Å². The van der Waals surface area contributed by atoms with Gasteiger partial charge in [0.1, 0.15) is 0 Å². The number of nitrogens with zero attached hydrogens (tertiary/aromatic N) is 2. The lowest BCUT2D eigenvalue weighted by Gasteiger charge is -2.28. The molecule has 0 amide bonds. The maximum Gasteiger partial charge on any atom is 0.243 e. The summed E-state index contributed by atoms with van der Waals surface area (Å²) >= 11 is 0. The summed E-state index contributed by atoms with van der Waals surface area (Å²) in [6.45, 7) is 4.44. The predicted octanol–water partition coefficient (Wildman–Crippen LogP) is 0.860. The second-order valence-electron chi connectivity index (χ2n) is 5.39. The highest BCUT2D eigenvalue weighted by atomic mass is 32.2. The third kappa shape index (κ3) is 3.03. The molecule has 1 aromatic rings. The standard InChI is InChI=1S/C14H23N3O2S/c1-12-11-16(2)8-5-9-17(12)20(18,19)14-7-4-3-6-13(14)10-15/h3-4,6-7,12H,5,8-11,15H2,1-2H3. The number of hydrogen-bond acceptors (Lipinski definition) is 4. The average molecular weight is 297 g/mol. The highest BCUT2D eigenvalue weighted by Gasteiger charge is 2.32. The van der Waals surface area contributed by atoms with Gasteiger partial charge in [0.25, 0.3) is 0 Å². The number of sulfonamides is 1. The molecule has 0 aromatic heterocycles. The van der Waals surface area contributed by atoms with Crippen LogP contribution in [-0.2, 0) is 16.6 Å². The first-order valence-corrected chi connectivity index (χ1v) is 8.39. The fourth-order valence-corrected chi connectivity index (χ4v) is 4.65. The summed E-state index contributed by atoms with van der Waals surface area (Å²) in [7, 11) is -1.45. The molecule has 0 spiro atoms. The van der Waals surface area contributed by atoms with Crippen molar-refractivity contribution < 1.29 is 8.42 Å². The summed E-state index contributed by atoms with van der Waals surface area (Å²) in [5, 5.41) is 0. The summed E-state index contributed by atoms with van der Waals surface area (Å²) in [5.74, 6) is 0. The van der Waals surface area contributed by atoms with Crippen LogP contribution < -0.4 is 5.73 Å². The lowest BCUT2D eigenvalue weighted by Crippen LogP contribution is -2.42. The Morgan fingerprint density at radius 3 is 2.70 bits per heavy atom. The van der Waals surface area contributed by atoms with Gasteiger partial charge in [0, 0.05) is 25.7 Å². The largest absolute Gasteiger partial charge is 0.326 e. The zero-order valence-electron chi connectivity index (χ0n) is 12.1. The molecule has 6 heteroatoms. The second-order valence-corrected chi connectivity index (χ2v) is 7.25. The van der Waals surface area contributed by atoms with Crippen molar-refractivity contribution in [1.29, 1.82) is 0 Å². The molecule has 112 valence electrons. The molecule has 1 unspecified atom stereocenters. The van der Waals surface area contributed by atoms with Crippen molar-refractivity contribution in [2.45, 2.75) is 30.8 Å². The minimum absolute atomic E-state index is 0.0293.